The molecule has 4 unspecified atom stereocenters. The fourth-order valence-electron chi connectivity index (χ4n) is 2.78. The molecule has 0 spiro atoms. The minimum atomic E-state index is -0.827. The SMILES string of the molecule is CC1CN(C(=O)NC2(C)CCOC2C)CC1C(=O)O. The lowest BCUT2D eigenvalue weighted by atomic mass is 9.95. The third kappa shape index (κ3) is 2.68. The van der Waals surface area contributed by atoms with E-state index in [1.807, 2.05) is 20.8 Å². The summed E-state index contributed by atoms with van der Waals surface area (Å²) >= 11 is 0. The maximum Gasteiger partial charge on any atom is 0.317 e. The second kappa shape index (κ2) is 5.00. The third-order valence-electron chi connectivity index (χ3n) is 4.50. The van der Waals surface area contributed by atoms with Gasteiger partial charge in [-0.2, -0.15) is 0 Å². The van der Waals surface area contributed by atoms with Crippen LogP contribution in [-0.2, 0) is 9.53 Å². The third-order valence-corrected chi connectivity index (χ3v) is 4.50. The number of aliphatic carboxylic acids is 1. The molecule has 2 rings (SSSR count). The molecule has 4 atom stereocenters. The zero-order valence-corrected chi connectivity index (χ0v) is 11.7. The maximum atomic E-state index is 12.2. The van der Waals surface area contributed by atoms with Crippen molar-refractivity contribution in [3.8, 4) is 0 Å². The molecule has 2 fully saturated rings. The molecule has 6 heteroatoms. The first-order valence-electron chi connectivity index (χ1n) is 6.75. The van der Waals surface area contributed by atoms with Crippen LogP contribution in [0.25, 0.3) is 0 Å². The quantitative estimate of drug-likeness (QED) is 0.782. The van der Waals surface area contributed by atoms with Gasteiger partial charge in [-0.05, 0) is 26.2 Å². The van der Waals surface area contributed by atoms with Gasteiger partial charge in [0.15, 0.2) is 0 Å². The van der Waals surface area contributed by atoms with Crippen molar-refractivity contribution in [2.75, 3.05) is 19.7 Å². The summed E-state index contributed by atoms with van der Waals surface area (Å²) in [7, 11) is 0. The van der Waals surface area contributed by atoms with E-state index in [9.17, 15) is 9.59 Å². The molecule has 19 heavy (non-hydrogen) atoms. The largest absolute Gasteiger partial charge is 0.481 e. The summed E-state index contributed by atoms with van der Waals surface area (Å²) < 4.78 is 5.49. The molecule has 0 aliphatic carbocycles. The summed E-state index contributed by atoms with van der Waals surface area (Å²) in [6, 6.07) is -0.185. The molecule has 2 saturated heterocycles. The number of urea groups is 1. The van der Waals surface area contributed by atoms with E-state index < -0.39 is 11.9 Å². The zero-order chi connectivity index (χ0) is 14.2. The van der Waals surface area contributed by atoms with Gasteiger partial charge in [0.05, 0.1) is 17.6 Å². The van der Waals surface area contributed by atoms with E-state index >= 15 is 0 Å². The van der Waals surface area contributed by atoms with Gasteiger partial charge in [-0.1, -0.05) is 6.92 Å². The highest BCUT2D eigenvalue weighted by atomic mass is 16.5. The van der Waals surface area contributed by atoms with Gasteiger partial charge in [0.25, 0.3) is 0 Å². The standard InChI is InChI=1S/C13H22N2O4/c1-8-6-15(7-10(8)11(16)17)12(18)14-13(3)4-5-19-9(13)2/h8-10H,4-7H2,1-3H3,(H,14,18)(H,16,17). The lowest BCUT2D eigenvalue weighted by molar-refractivity contribution is -0.142. The molecule has 2 aliphatic rings. The lowest BCUT2D eigenvalue weighted by Gasteiger charge is -2.31. The second-order valence-corrected chi connectivity index (χ2v) is 5.94. The van der Waals surface area contributed by atoms with Gasteiger partial charge in [0.1, 0.15) is 0 Å². The molecule has 2 N–H and O–H groups in total. The zero-order valence-electron chi connectivity index (χ0n) is 11.7. The van der Waals surface area contributed by atoms with Gasteiger partial charge in [-0.25, -0.2) is 4.79 Å². The molecule has 0 bridgehead atoms. The molecule has 0 radical (unpaired) electrons. The molecule has 0 aromatic heterocycles. The smallest absolute Gasteiger partial charge is 0.317 e. The van der Waals surface area contributed by atoms with Gasteiger partial charge in [-0.3, -0.25) is 4.79 Å². The molecule has 2 amide bonds. The average Bonchev–Trinajstić information content (AvgIpc) is 2.84. The fraction of sp³-hybridized carbons (Fsp3) is 0.846. The van der Waals surface area contributed by atoms with E-state index in [2.05, 4.69) is 5.32 Å². The number of likely N-dealkylation sites (tertiary alicyclic amines) is 1. The van der Waals surface area contributed by atoms with Crippen molar-refractivity contribution in [2.45, 2.75) is 38.8 Å². The summed E-state index contributed by atoms with van der Waals surface area (Å²) in [6.45, 7) is 7.21. The Balaban J connectivity index is 1.96. The van der Waals surface area contributed by atoms with Gasteiger partial charge in [-0.15, -0.1) is 0 Å². The monoisotopic (exact) mass is 270 g/mol. The number of carboxylic acids is 1. The first-order chi connectivity index (χ1) is 8.83. The van der Waals surface area contributed by atoms with Crippen molar-refractivity contribution in [3.05, 3.63) is 0 Å². The Kier molecular flexibility index (Phi) is 3.71. The van der Waals surface area contributed by atoms with E-state index in [4.69, 9.17) is 9.84 Å². The van der Waals surface area contributed by atoms with E-state index in [-0.39, 0.29) is 30.1 Å². The van der Waals surface area contributed by atoms with Crippen LogP contribution in [0.4, 0.5) is 4.79 Å². The Hall–Kier alpha value is -1.30. The number of rotatable bonds is 2. The van der Waals surface area contributed by atoms with Gasteiger partial charge < -0.3 is 20.1 Å². The highest BCUT2D eigenvalue weighted by Crippen LogP contribution is 2.27. The lowest BCUT2D eigenvalue weighted by Crippen LogP contribution is -2.54. The first kappa shape index (κ1) is 14.1. The van der Waals surface area contributed by atoms with Gasteiger partial charge >= 0.3 is 12.0 Å². The molecule has 2 heterocycles. The molecule has 0 aromatic rings. The van der Waals surface area contributed by atoms with Gasteiger partial charge in [0, 0.05) is 19.7 Å². The second-order valence-electron chi connectivity index (χ2n) is 5.94. The summed E-state index contributed by atoms with van der Waals surface area (Å²) in [5.41, 5.74) is -0.359. The Morgan fingerprint density at radius 2 is 2.05 bits per heavy atom. The number of carbonyl (C=O) groups is 2. The number of carboxylic acid groups (broad SMARTS) is 1. The van der Waals surface area contributed by atoms with E-state index in [1.54, 1.807) is 4.90 Å². The Labute approximate surface area is 113 Å². The van der Waals surface area contributed by atoms with Crippen LogP contribution in [0.3, 0.4) is 0 Å². The number of hydrogen-bond donors (Lipinski definition) is 2. The van der Waals surface area contributed by atoms with Crippen LogP contribution < -0.4 is 5.32 Å². The van der Waals surface area contributed by atoms with E-state index in [1.165, 1.54) is 0 Å². The van der Waals surface area contributed by atoms with Crippen molar-refractivity contribution in [1.29, 1.82) is 0 Å². The van der Waals surface area contributed by atoms with Crippen LogP contribution in [0.15, 0.2) is 0 Å². The summed E-state index contributed by atoms with van der Waals surface area (Å²) in [5, 5.41) is 12.1. The minimum absolute atomic E-state index is 0.00620. The van der Waals surface area contributed by atoms with Crippen molar-refractivity contribution in [2.24, 2.45) is 11.8 Å². The molecule has 2 aliphatic heterocycles. The van der Waals surface area contributed by atoms with Crippen molar-refractivity contribution >= 4 is 12.0 Å². The van der Waals surface area contributed by atoms with Crippen LogP contribution in [0.1, 0.15) is 27.2 Å². The van der Waals surface area contributed by atoms with Gasteiger partial charge in [0.2, 0.25) is 0 Å². The van der Waals surface area contributed by atoms with Crippen molar-refractivity contribution < 1.29 is 19.4 Å². The average molecular weight is 270 g/mol. The highest BCUT2D eigenvalue weighted by molar-refractivity contribution is 5.78. The normalized spacial score (nSPS) is 38.5. The fourth-order valence-corrected chi connectivity index (χ4v) is 2.78. The van der Waals surface area contributed by atoms with Crippen LogP contribution in [-0.4, -0.2) is 53.3 Å². The number of ether oxygens (including phenoxy) is 1. The Morgan fingerprint density at radius 3 is 2.53 bits per heavy atom. The van der Waals surface area contributed by atoms with Crippen LogP contribution in [0.2, 0.25) is 0 Å². The van der Waals surface area contributed by atoms with E-state index in [0.29, 0.717) is 13.2 Å². The Bertz CT molecular complexity index is 387. The summed E-state index contributed by atoms with van der Waals surface area (Å²) in [4.78, 5) is 24.9. The Morgan fingerprint density at radius 1 is 1.37 bits per heavy atom. The molecule has 6 nitrogen and oxygen atoms in total. The van der Waals surface area contributed by atoms with Crippen LogP contribution in [0.5, 0.6) is 0 Å². The molecular formula is C13H22N2O4. The maximum absolute atomic E-state index is 12.2. The summed E-state index contributed by atoms with van der Waals surface area (Å²) in [6.07, 6.45) is 0.762. The molecule has 108 valence electrons. The molecule has 0 saturated carbocycles. The number of carbonyl (C=O) groups excluding carboxylic acids is 1. The van der Waals surface area contributed by atoms with E-state index in [0.717, 1.165) is 6.42 Å². The van der Waals surface area contributed by atoms with Crippen molar-refractivity contribution in [3.63, 3.8) is 0 Å². The predicted octanol–water partition coefficient (Wildman–Crippen LogP) is 0.916. The number of nitrogens with zero attached hydrogens (tertiary/aromatic N) is 1. The first-order valence-corrected chi connectivity index (χ1v) is 6.75. The highest BCUT2D eigenvalue weighted by Gasteiger charge is 2.42. The minimum Gasteiger partial charge on any atom is -0.481 e. The predicted molar refractivity (Wildman–Crippen MR) is 68.8 cm³/mol. The molecule has 0 aromatic carbocycles. The van der Waals surface area contributed by atoms with Crippen LogP contribution in [0, 0.1) is 11.8 Å². The topological polar surface area (TPSA) is 78.9 Å². The number of nitrogens with one attached hydrogen (secondary N) is 1. The summed E-state index contributed by atoms with van der Waals surface area (Å²) in [5.74, 6) is -1.30. The molecular weight excluding hydrogens is 248 g/mol. The number of hydrogen-bond acceptors (Lipinski definition) is 3. The number of amides is 2. The van der Waals surface area contributed by atoms with Crippen molar-refractivity contribution in [1.82, 2.24) is 10.2 Å². The van der Waals surface area contributed by atoms with Crippen LogP contribution >= 0.6 is 0 Å².